The van der Waals surface area contributed by atoms with Gasteiger partial charge in [0.25, 0.3) is 0 Å². The van der Waals surface area contributed by atoms with Crippen LogP contribution in [0.5, 0.6) is 0 Å². The molecule has 0 aliphatic carbocycles. The lowest BCUT2D eigenvalue weighted by molar-refractivity contribution is -0.0470. The minimum absolute atomic E-state index is 0.0590. The van der Waals surface area contributed by atoms with Gasteiger partial charge in [0.05, 0.1) is 12.0 Å². The molecular formula is C11H13BrFN5O3. The fourth-order valence-electron chi connectivity index (χ4n) is 2.38. The molecule has 1 aliphatic heterocycles. The summed E-state index contributed by atoms with van der Waals surface area (Å²) in [5.41, 5.74) is 11.6. The molecule has 6 N–H and O–H groups in total. The number of nitrogen functional groups attached to an aromatic ring is 2. The lowest BCUT2D eigenvalue weighted by Gasteiger charge is -2.23. The van der Waals surface area contributed by atoms with Gasteiger partial charge >= 0.3 is 0 Å². The summed E-state index contributed by atoms with van der Waals surface area (Å²) in [6, 6.07) is 1.59. The topological polar surface area (TPSA) is 132 Å². The number of hydrogen-bond acceptors (Lipinski definition) is 7. The Hall–Kier alpha value is -1.49. The van der Waals surface area contributed by atoms with Crippen LogP contribution < -0.4 is 11.5 Å². The molecule has 1 fully saturated rings. The summed E-state index contributed by atoms with van der Waals surface area (Å²) in [6.07, 6.45) is -2.34. The number of nitrogens with two attached hydrogens (primary N) is 2. The van der Waals surface area contributed by atoms with Gasteiger partial charge in [0.1, 0.15) is 23.7 Å². The summed E-state index contributed by atoms with van der Waals surface area (Å²) in [4.78, 5) is 7.84. The first-order valence-corrected chi connectivity index (χ1v) is 6.87. The molecule has 8 nitrogen and oxygen atoms in total. The predicted octanol–water partition coefficient (Wildman–Crippen LogP) is -0.0930. The number of fused-ring (bicyclic) bond motifs is 1. The second-order valence-electron chi connectivity index (χ2n) is 4.76. The minimum Gasteiger partial charge on any atom is -0.394 e. The van der Waals surface area contributed by atoms with Gasteiger partial charge in [-0.25, -0.2) is 4.39 Å². The monoisotopic (exact) mass is 361 g/mol. The van der Waals surface area contributed by atoms with E-state index < -0.39 is 29.6 Å². The molecule has 3 heterocycles. The molecule has 0 radical (unpaired) electrons. The maximum atomic E-state index is 14.7. The molecule has 1 unspecified atom stereocenters. The Kier molecular flexibility index (Phi) is 3.28. The van der Waals surface area contributed by atoms with Gasteiger partial charge in [-0.15, -0.1) is 0 Å². The number of rotatable bonds is 2. The van der Waals surface area contributed by atoms with Crippen LogP contribution in [0.15, 0.2) is 12.3 Å². The van der Waals surface area contributed by atoms with E-state index in [4.69, 9.17) is 21.3 Å². The van der Waals surface area contributed by atoms with Crippen LogP contribution in [-0.2, 0) is 4.74 Å². The van der Waals surface area contributed by atoms with Crippen molar-refractivity contribution in [3.63, 3.8) is 0 Å². The molecule has 10 heteroatoms. The molecule has 0 spiro atoms. The van der Waals surface area contributed by atoms with Gasteiger partial charge in [-0.05, 0) is 22.0 Å². The van der Waals surface area contributed by atoms with Crippen molar-refractivity contribution in [3.8, 4) is 0 Å². The van der Waals surface area contributed by atoms with Gasteiger partial charge in [-0.1, -0.05) is 0 Å². The third kappa shape index (κ3) is 2.06. The predicted molar refractivity (Wildman–Crippen MR) is 76.1 cm³/mol. The quantitative estimate of drug-likeness (QED) is 0.549. The molecule has 0 aromatic carbocycles. The van der Waals surface area contributed by atoms with Crippen LogP contribution in [0.4, 0.5) is 16.2 Å². The molecule has 21 heavy (non-hydrogen) atoms. The van der Waals surface area contributed by atoms with Crippen molar-refractivity contribution in [3.05, 3.63) is 12.3 Å². The van der Waals surface area contributed by atoms with Crippen molar-refractivity contribution >= 4 is 38.7 Å². The molecule has 0 bridgehead atoms. The highest BCUT2D eigenvalue weighted by Crippen LogP contribution is 2.47. The second-order valence-corrected chi connectivity index (χ2v) is 5.97. The van der Waals surface area contributed by atoms with E-state index in [0.717, 1.165) is 0 Å². The molecule has 114 valence electrons. The zero-order valence-electron chi connectivity index (χ0n) is 10.6. The van der Waals surface area contributed by atoms with E-state index in [0.29, 0.717) is 5.39 Å². The average molecular weight is 362 g/mol. The Morgan fingerprint density at radius 2 is 2.19 bits per heavy atom. The van der Waals surface area contributed by atoms with Crippen LogP contribution in [0.25, 0.3) is 11.0 Å². The van der Waals surface area contributed by atoms with Crippen LogP contribution in [0.2, 0.25) is 0 Å². The first-order chi connectivity index (χ1) is 9.86. The maximum Gasteiger partial charge on any atom is 0.237 e. The summed E-state index contributed by atoms with van der Waals surface area (Å²) in [7, 11) is 0. The van der Waals surface area contributed by atoms with Crippen molar-refractivity contribution in [2.75, 3.05) is 18.1 Å². The molecule has 4 atom stereocenters. The standard InChI is InChI=1S/C11H13BrFN5O3/c12-11(13)6(20)5(3-19)21-9(11)18-2-1-4-7(14)16-10(15)17-8(4)18/h1-2,5-6,9,19-20H,3H2,(H4,14,15,16,17)/t5-,6?,9-,11-/m1/s1. The van der Waals surface area contributed by atoms with E-state index in [1.165, 1.54) is 10.8 Å². The van der Waals surface area contributed by atoms with Gasteiger partial charge in [0, 0.05) is 6.20 Å². The first-order valence-electron chi connectivity index (χ1n) is 6.08. The Balaban J connectivity index is 2.13. The van der Waals surface area contributed by atoms with Crippen molar-refractivity contribution < 1.29 is 19.3 Å². The summed E-state index contributed by atoms with van der Waals surface area (Å²) >= 11 is 2.82. The second kappa shape index (κ2) is 4.77. The molecule has 3 rings (SSSR count). The van der Waals surface area contributed by atoms with E-state index >= 15 is 0 Å². The Morgan fingerprint density at radius 1 is 1.48 bits per heavy atom. The van der Waals surface area contributed by atoms with Gasteiger partial charge in [-0.3, -0.25) is 0 Å². The van der Waals surface area contributed by atoms with Gasteiger partial charge in [0.2, 0.25) is 10.5 Å². The molecule has 0 amide bonds. The Morgan fingerprint density at radius 3 is 2.81 bits per heavy atom. The van der Waals surface area contributed by atoms with Crippen molar-refractivity contribution in [1.82, 2.24) is 14.5 Å². The summed E-state index contributed by atoms with van der Waals surface area (Å²) in [5, 5.41) is 19.5. The smallest absolute Gasteiger partial charge is 0.237 e. The highest BCUT2D eigenvalue weighted by molar-refractivity contribution is 9.10. The summed E-state index contributed by atoms with van der Waals surface area (Å²) in [6.45, 7) is -0.520. The summed E-state index contributed by atoms with van der Waals surface area (Å²) < 4.78 is 19.1. The van der Waals surface area contributed by atoms with E-state index in [-0.39, 0.29) is 17.4 Å². The first kappa shape index (κ1) is 14.4. The van der Waals surface area contributed by atoms with Crippen molar-refractivity contribution in [1.29, 1.82) is 0 Å². The molecule has 1 saturated heterocycles. The highest BCUT2D eigenvalue weighted by Gasteiger charge is 2.56. The SMILES string of the molecule is Nc1nc(N)c2ccn([C@@H]3O[C@H](CO)C(O)[C@]3(F)Br)c2n1. The zero-order chi connectivity index (χ0) is 15.4. The van der Waals surface area contributed by atoms with Gasteiger partial charge in [-0.2, -0.15) is 9.97 Å². The Labute approximate surface area is 126 Å². The average Bonchev–Trinajstić information content (AvgIpc) is 2.91. The van der Waals surface area contributed by atoms with Crippen LogP contribution >= 0.6 is 15.9 Å². The van der Waals surface area contributed by atoms with Crippen LogP contribution in [0.1, 0.15) is 6.23 Å². The fraction of sp³-hybridized carbons (Fsp3) is 0.455. The number of hydrogen-bond donors (Lipinski definition) is 4. The normalized spacial score (nSPS) is 32.9. The third-order valence-corrected chi connectivity index (χ3v) is 4.29. The van der Waals surface area contributed by atoms with Crippen LogP contribution in [0, 0.1) is 0 Å². The van der Waals surface area contributed by atoms with Crippen molar-refractivity contribution in [2.24, 2.45) is 0 Å². The van der Waals surface area contributed by atoms with Gasteiger partial charge < -0.3 is 31.0 Å². The van der Waals surface area contributed by atoms with Gasteiger partial charge in [0.15, 0.2) is 6.23 Å². The largest absolute Gasteiger partial charge is 0.394 e. The molecular weight excluding hydrogens is 349 g/mol. The highest BCUT2D eigenvalue weighted by atomic mass is 79.9. The third-order valence-electron chi connectivity index (χ3n) is 3.43. The number of aliphatic hydroxyl groups excluding tert-OH is 2. The van der Waals surface area contributed by atoms with E-state index in [1.807, 2.05) is 0 Å². The maximum absolute atomic E-state index is 14.7. The molecule has 2 aromatic heterocycles. The number of anilines is 2. The Bertz CT molecular complexity index is 694. The van der Waals surface area contributed by atoms with Crippen LogP contribution in [0.3, 0.4) is 0 Å². The fourth-order valence-corrected chi connectivity index (χ4v) is 3.01. The van der Waals surface area contributed by atoms with E-state index in [1.54, 1.807) is 6.07 Å². The lowest BCUT2D eigenvalue weighted by atomic mass is 10.1. The number of aliphatic hydroxyl groups is 2. The number of aromatic nitrogens is 3. The number of ether oxygens (including phenoxy) is 1. The minimum atomic E-state index is -2.29. The molecule has 0 saturated carbocycles. The number of nitrogens with zero attached hydrogens (tertiary/aromatic N) is 3. The molecule has 2 aromatic rings. The van der Waals surface area contributed by atoms with Crippen molar-refractivity contribution in [2.45, 2.75) is 23.0 Å². The van der Waals surface area contributed by atoms with E-state index in [2.05, 4.69) is 25.9 Å². The summed E-state index contributed by atoms with van der Waals surface area (Å²) in [5.74, 6) is 0.101. The lowest BCUT2D eigenvalue weighted by Crippen LogP contribution is -2.37. The zero-order valence-corrected chi connectivity index (χ0v) is 12.2. The van der Waals surface area contributed by atoms with E-state index in [9.17, 15) is 9.50 Å². The van der Waals surface area contributed by atoms with Crippen LogP contribution in [-0.4, -0.2) is 48.1 Å². The molecule has 1 aliphatic rings. The number of alkyl halides is 2. The number of halogens is 2.